The quantitative estimate of drug-likeness (QED) is 0.731. The second kappa shape index (κ2) is 4.76. The molecule has 1 aromatic rings. The Labute approximate surface area is 85.6 Å². The molecule has 0 radical (unpaired) electrons. The molecule has 0 spiro atoms. The highest BCUT2D eigenvalue weighted by Crippen LogP contribution is 2.22. The van der Waals surface area contributed by atoms with Crippen LogP contribution in [0.2, 0.25) is 0 Å². The molecule has 0 saturated carbocycles. The van der Waals surface area contributed by atoms with Crippen molar-refractivity contribution >= 4 is 0 Å². The van der Waals surface area contributed by atoms with Crippen molar-refractivity contribution in [3.8, 4) is 6.07 Å². The van der Waals surface area contributed by atoms with Gasteiger partial charge < -0.3 is 0 Å². The number of pyridine rings is 1. The summed E-state index contributed by atoms with van der Waals surface area (Å²) in [7, 11) is 0. The van der Waals surface area contributed by atoms with Gasteiger partial charge in [-0.2, -0.15) is 5.26 Å². The molecule has 1 unspecified atom stereocenters. The lowest BCUT2D eigenvalue weighted by Crippen LogP contribution is -2.01. The summed E-state index contributed by atoms with van der Waals surface area (Å²) in [6.07, 6.45) is 2.72. The lowest BCUT2D eigenvalue weighted by Gasteiger charge is -2.11. The number of nitrogens with zero attached hydrogens (tertiary/aromatic N) is 2. The summed E-state index contributed by atoms with van der Waals surface area (Å²) in [5.74, 6) is 0.532. The minimum absolute atomic E-state index is 0.0110. The number of aromatic nitrogens is 1. The highest BCUT2D eigenvalue weighted by Gasteiger charge is 2.12. The molecule has 1 aromatic heterocycles. The summed E-state index contributed by atoms with van der Waals surface area (Å²) in [4.78, 5) is 4.20. The van der Waals surface area contributed by atoms with E-state index < -0.39 is 0 Å². The summed E-state index contributed by atoms with van der Waals surface area (Å²) in [5.41, 5.74) is 2.03. The van der Waals surface area contributed by atoms with Crippen molar-refractivity contribution in [1.29, 1.82) is 5.26 Å². The van der Waals surface area contributed by atoms with Crippen molar-refractivity contribution in [2.24, 2.45) is 5.92 Å². The molecule has 0 aliphatic rings. The molecule has 0 fully saturated rings. The van der Waals surface area contributed by atoms with Crippen LogP contribution in [0.5, 0.6) is 0 Å². The van der Waals surface area contributed by atoms with E-state index in [1.54, 1.807) is 0 Å². The summed E-state index contributed by atoms with van der Waals surface area (Å²) in [6.45, 7) is 6.21. The predicted molar refractivity (Wildman–Crippen MR) is 56.8 cm³/mol. The maximum absolute atomic E-state index is 9.02. The summed E-state index contributed by atoms with van der Waals surface area (Å²) >= 11 is 0. The predicted octanol–water partition coefficient (Wildman–Crippen LogP) is 3.04. The number of nitriles is 1. The van der Waals surface area contributed by atoms with Gasteiger partial charge in [0.1, 0.15) is 0 Å². The monoisotopic (exact) mass is 188 g/mol. The van der Waals surface area contributed by atoms with Crippen LogP contribution in [-0.2, 0) is 0 Å². The van der Waals surface area contributed by atoms with E-state index in [0.717, 1.165) is 17.7 Å². The van der Waals surface area contributed by atoms with Crippen molar-refractivity contribution in [2.75, 3.05) is 0 Å². The molecule has 0 N–H and O–H groups in total. The third-order valence-corrected chi connectivity index (χ3v) is 2.20. The molecule has 1 atom stereocenters. The Bertz CT molecular complexity index is 319. The topological polar surface area (TPSA) is 36.7 Å². The van der Waals surface area contributed by atoms with Gasteiger partial charge in [0, 0.05) is 11.9 Å². The zero-order valence-corrected chi connectivity index (χ0v) is 8.99. The number of aryl methyl sites for hydroxylation is 1. The van der Waals surface area contributed by atoms with Gasteiger partial charge in [-0.3, -0.25) is 4.98 Å². The first-order valence-electron chi connectivity index (χ1n) is 4.95. The molecule has 0 amide bonds. The average molecular weight is 188 g/mol. The van der Waals surface area contributed by atoms with Crippen LogP contribution in [-0.4, -0.2) is 4.98 Å². The van der Waals surface area contributed by atoms with Gasteiger partial charge >= 0.3 is 0 Å². The maximum atomic E-state index is 9.02. The Morgan fingerprint density at radius 1 is 1.43 bits per heavy atom. The molecular weight excluding hydrogens is 172 g/mol. The van der Waals surface area contributed by atoms with Crippen LogP contribution in [0.15, 0.2) is 18.3 Å². The Hall–Kier alpha value is -1.36. The molecule has 14 heavy (non-hydrogen) atoms. The maximum Gasteiger partial charge on any atom is 0.0730 e. The SMILES string of the molecule is Cc1ccc(C(C#N)CC(C)C)cn1. The lowest BCUT2D eigenvalue weighted by atomic mass is 9.92. The van der Waals surface area contributed by atoms with Crippen molar-refractivity contribution in [2.45, 2.75) is 33.1 Å². The van der Waals surface area contributed by atoms with Crippen LogP contribution in [0.4, 0.5) is 0 Å². The van der Waals surface area contributed by atoms with Gasteiger partial charge in [-0.15, -0.1) is 0 Å². The molecule has 2 heteroatoms. The van der Waals surface area contributed by atoms with Crippen molar-refractivity contribution in [1.82, 2.24) is 4.98 Å². The van der Waals surface area contributed by atoms with E-state index in [9.17, 15) is 0 Å². The van der Waals surface area contributed by atoms with Crippen LogP contribution in [0.25, 0.3) is 0 Å². The summed E-state index contributed by atoms with van der Waals surface area (Å²) in [6, 6.07) is 6.29. The Balaban J connectivity index is 2.80. The normalized spacial score (nSPS) is 12.5. The fourth-order valence-corrected chi connectivity index (χ4v) is 1.42. The van der Waals surface area contributed by atoms with Gasteiger partial charge in [0.05, 0.1) is 12.0 Å². The van der Waals surface area contributed by atoms with Gasteiger partial charge in [-0.05, 0) is 30.9 Å². The molecule has 74 valence electrons. The Kier molecular flexibility index (Phi) is 3.64. The van der Waals surface area contributed by atoms with E-state index in [4.69, 9.17) is 5.26 Å². The third-order valence-electron chi connectivity index (χ3n) is 2.20. The van der Waals surface area contributed by atoms with Gasteiger partial charge in [-0.25, -0.2) is 0 Å². The van der Waals surface area contributed by atoms with E-state index in [-0.39, 0.29) is 5.92 Å². The summed E-state index contributed by atoms with van der Waals surface area (Å²) in [5, 5.41) is 9.02. The van der Waals surface area contributed by atoms with E-state index in [2.05, 4.69) is 24.9 Å². The molecule has 0 aliphatic heterocycles. The third kappa shape index (κ3) is 2.85. The molecule has 1 heterocycles. The van der Waals surface area contributed by atoms with Crippen molar-refractivity contribution in [3.63, 3.8) is 0 Å². The zero-order valence-electron chi connectivity index (χ0n) is 8.99. The fraction of sp³-hybridized carbons (Fsp3) is 0.500. The Morgan fingerprint density at radius 3 is 2.57 bits per heavy atom. The molecule has 0 bridgehead atoms. The van der Waals surface area contributed by atoms with Crippen LogP contribution in [0, 0.1) is 24.2 Å². The number of rotatable bonds is 3. The van der Waals surface area contributed by atoms with Crippen molar-refractivity contribution < 1.29 is 0 Å². The lowest BCUT2D eigenvalue weighted by molar-refractivity contribution is 0.554. The van der Waals surface area contributed by atoms with Gasteiger partial charge in [0.15, 0.2) is 0 Å². The fourth-order valence-electron chi connectivity index (χ4n) is 1.42. The highest BCUT2D eigenvalue weighted by atomic mass is 14.7. The number of hydrogen-bond acceptors (Lipinski definition) is 2. The number of hydrogen-bond donors (Lipinski definition) is 0. The van der Waals surface area contributed by atoms with Crippen molar-refractivity contribution in [3.05, 3.63) is 29.6 Å². The van der Waals surface area contributed by atoms with Crippen LogP contribution in [0.1, 0.15) is 37.4 Å². The van der Waals surface area contributed by atoms with Crippen LogP contribution in [0.3, 0.4) is 0 Å². The second-order valence-corrected chi connectivity index (χ2v) is 4.04. The van der Waals surface area contributed by atoms with Crippen LogP contribution >= 0.6 is 0 Å². The molecule has 0 aliphatic carbocycles. The van der Waals surface area contributed by atoms with Gasteiger partial charge in [-0.1, -0.05) is 19.9 Å². The smallest absolute Gasteiger partial charge is 0.0730 e. The molecular formula is C12H16N2. The first-order chi connectivity index (χ1) is 6.63. The van der Waals surface area contributed by atoms with E-state index in [1.807, 2.05) is 25.3 Å². The first kappa shape index (κ1) is 10.7. The zero-order chi connectivity index (χ0) is 10.6. The van der Waals surface area contributed by atoms with Crippen LogP contribution < -0.4 is 0 Å². The molecule has 0 saturated heterocycles. The summed E-state index contributed by atoms with van der Waals surface area (Å²) < 4.78 is 0. The van der Waals surface area contributed by atoms with Gasteiger partial charge in [0.25, 0.3) is 0 Å². The molecule has 0 aromatic carbocycles. The first-order valence-corrected chi connectivity index (χ1v) is 4.95. The standard InChI is InChI=1S/C12H16N2/c1-9(2)6-12(7-13)11-5-4-10(3)14-8-11/h4-5,8-9,12H,6H2,1-3H3. The minimum atomic E-state index is -0.0110. The van der Waals surface area contributed by atoms with Gasteiger partial charge in [0.2, 0.25) is 0 Å². The molecule has 2 nitrogen and oxygen atoms in total. The largest absolute Gasteiger partial charge is 0.261 e. The van der Waals surface area contributed by atoms with E-state index in [1.165, 1.54) is 0 Å². The average Bonchev–Trinajstić information content (AvgIpc) is 2.15. The second-order valence-electron chi connectivity index (χ2n) is 4.04. The van der Waals surface area contributed by atoms with E-state index >= 15 is 0 Å². The van der Waals surface area contributed by atoms with E-state index in [0.29, 0.717) is 5.92 Å². The molecule has 1 rings (SSSR count). The highest BCUT2D eigenvalue weighted by molar-refractivity contribution is 5.23. The Morgan fingerprint density at radius 2 is 2.14 bits per heavy atom. The minimum Gasteiger partial charge on any atom is -0.261 e.